The Morgan fingerprint density at radius 2 is 1.79 bits per heavy atom. The molecule has 4 rings (SSSR count). The molecule has 2 heterocycles. The smallest absolute Gasteiger partial charge is 0.270 e. The van der Waals surface area contributed by atoms with Gasteiger partial charge < -0.3 is 15.0 Å². The fourth-order valence-electron chi connectivity index (χ4n) is 4.12. The minimum absolute atomic E-state index is 0.0182. The van der Waals surface area contributed by atoms with Crippen molar-refractivity contribution in [3.8, 4) is 11.4 Å². The predicted octanol–water partition coefficient (Wildman–Crippen LogP) is 3.57. The Morgan fingerprint density at radius 3 is 2.48 bits per heavy atom. The van der Waals surface area contributed by atoms with E-state index in [1.165, 1.54) is 11.8 Å². The van der Waals surface area contributed by atoms with Crippen LogP contribution in [0.1, 0.15) is 28.9 Å². The number of benzene rings is 2. The number of nitrogens with one attached hydrogen (secondary N) is 1. The van der Waals surface area contributed by atoms with Crippen LogP contribution in [0.3, 0.4) is 0 Å². The summed E-state index contributed by atoms with van der Waals surface area (Å²) in [4.78, 5) is 32.2. The first-order chi connectivity index (χ1) is 16.1. The number of aromatic nitrogens is 2. The van der Waals surface area contributed by atoms with Gasteiger partial charge in [0.05, 0.1) is 19.7 Å². The van der Waals surface area contributed by atoms with Crippen LogP contribution >= 0.6 is 11.8 Å². The van der Waals surface area contributed by atoms with Gasteiger partial charge in [0.25, 0.3) is 5.91 Å². The first kappa shape index (κ1) is 22.9. The summed E-state index contributed by atoms with van der Waals surface area (Å²) in [6, 6.07) is 17.4. The van der Waals surface area contributed by atoms with Gasteiger partial charge in [-0.2, -0.15) is 0 Å². The lowest BCUT2D eigenvalue weighted by Crippen LogP contribution is -2.47. The standard InChI is InChI=1S/C25H28N4O3S/c1-32-22-11-7-6-8-18(22)16-23(30)28-14-12-19(13-15-28)27-24(31)21-17-26-25(33-2)29(21)20-9-4-3-5-10-20/h3-11,17,19H,12-16H2,1-2H3,(H,27,31). The number of imidazole rings is 1. The highest BCUT2D eigenvalue weighted by Crippen LogP contribution is 2.23. The van der Waals surface area contributed by atoms with Gasteiger partial charge in [0.1, 0.15) is 11.4 Å². The highest BCUT2D eigenvalue weighted by atomic mass is 32.2. The summed E-state index contributed by atoms with van der Waals surface area (Å²) in [5.41, 5.74) is 2.31. The van der Waals surface area contributed by atoms with E-state index in [9.17, 15) is 9.59 Å². The molecular weight excluding hydrogens is 436 g/mol. The van der Waals surface area contributed by atoms with Crippen molar-refractivity contribution in [3.05, 3.63) is 72.1 Å². The molecule has 2 amide bonds. The van der Waals surface area contributed by atoms with Crippen molar-refractivity contribution < 1.29 is 14.3 Å². The van der Waals surface area contributed by atoms with Crippen LogP contribution in [0.15, 0.2) is 66.0 Å². The quantitative estimate of drug-likeness (QED) is 0.541. The molecule has 0 unspecified atom stereocenters. The predicted molar refractivity (Wildman–Crippen MR) is 129 cm³/mol. The Morgan fingerprint density at radius 1 is 1.09 bits per heavy atom. The van der Waals surface area contributed by atoms with Gasteiger partial charge in [0.2, 0.25) is 5.91 Å². The van der Waals surface area contributed by atoms with Crippen LogP contribution in [-0.4, -0.2) is 58.8 Å². The molecule has 1 N–H and O–H groups in total. The fourth-order valence-corrected chi connectivity index (χ4v) is 4.67. The molecule has 3 aromatic rings. The zero-order chi connectivity index (χ0) is 23.2. The summed E-state index contributed by atoms with van der Waals surface area (Å²) in [6.07, 6.45) is 5.33. The molecule has 0 saturated carbocycles. The fraction of sp³-hybridized carbons (Fsp3) is 0.320. The van der Waals surface area contributed by atoms with Crippen LogP contribution in [0.2, 0.25) is 0 Å². The molecule has 0 radical (unpaired) electrons. The molecule has 0 atom stereocenters. The van der Waals surface area contributed by atoms with E-state index in [0.29, 0.717) is 25.2 Å². The SMILES string of the molecule is COc1ccccc1CC(=O)N1CCC(NC(=O)c2cnc(SC)n2-c2ccccc2)CC1. The first-order valence-corrected chi connectivity index (χ1v) is 12.2. The summed E-state index contributed by atoms with van der Waals surface area (Å²) < 4.78 is 7.24. The Bertz CT molecular complexity index is 1110. The molecule has 2 aromatic carbocycles. The van der Waals surface area contributed by atoms with Gasteiger partial charge in [-0.25, -0.2) is 4.98 Å². The number of amides is 2. The highest BCUT2D eigenvalue weighted by molar-refractivity contribution is 7.98. The van der Waals surface area contributed by atoms with Gasteiger partial charge >= 0.3 is 0 Å². The average Bonchev–Trinajstić information content (AvgIpc) is 3.30. The number of carbonyl (C=O) groups is 2. The molecule has 33 heavy (non-hydrogen) atoms. The second-order valence-corrected chi connectivity index (χ2v) is 8.69. The van der Waals surface area contributed by atoms with Crippen LogP contribution < -0.4 is 10.1 Å². The molecule has 172 valence electrons. The molecule has 7 nitrogen and oxygen atoms in total. The van der Waals surface area contributed by atoms with Crippen molar-refractivity contribution in [2.45, 2.75) is 30.5 Å². The number of piperidine rings is 1. The number of hydrogen-bond donors (Lipinski definition) is 1. The summed E-state index contributed by atoms with van der Waals surface area (Å²) in [7, 11) is 1.61. The Kier molecular flexibility index (Phi) is 7.34. The monoisotopic (exact) mass is 464 g/mol. The molecule has 1 aliphatic heterocycles. The number of para-hydroxylation sites is 2. The van der Waals surface area contributed by atoms with Crippen LogP contribution in [0, 0.1) is 0 Å². The largest absolute Gasteiger partial charge is 0.496 e. The average molecular weight is 465 g/mol. The van der Waals surface area contributed by atoms with Crippen LogP contribution in [0.5, 0.6) is 5.75 Å². The summed E-state index contributed by atoms with van der Waals surface area (Å²) >= 11 is 1.50. The maximum absolute atomic E-state index is 13.1. The third-order valence-electron chi connectivity index (χ3n) is 5.88. The van der Waals surface area contributed by atoms with E-state index in [2.05, 4.69) is 10.3 Å². The number of carbonyl (C=O) groups excluding carboxylic acids is 2. The van der Waals surface area contributed by atoms with Crippen molar-refractivity contribution >= 4 is 23.6 Å². The topological polar surface area (TPSA) is 76.5 Å². The number of thioether (sulfide) groups is 1. The van der Waals surface area contributed by atoms with Crippen molar-refractivity contribution in [3.63, 3.8) is 0 Å². The molecule has 0 bridgehead atoms. The molecule has 1 aliphatic rings. The Labute approximate surface area is 198 Å². The summed E-state index contributed by atoms with van der Waals surface area (Å²) in [6.45, 7) is 1.24. The van der Waals surface area contributed by atoms with Crippen molar-refractivity contribution in [1.82, 2.24) is 19.8 Å². The van der Waals surface area contributed by atoms with Crippen molar-refractivity contribution in [1.29, 1.82) is 0 Å². The van der Waals surface area contributed by atoms with Gasteiger partial charge in [-0.1, -0.05) is 48.2 Å². The summed E-state index contributed by atoms with van der Waals surface area (Å²) in [5, 5.41) is 3.91. The van der Waals surface area contributed by atoms with Gasteiger partial charge in [0, 0.05) is 30.4 Å². The normalized spacial score (nSPS) is 14.2. The number of likely N-dealkylation sites (tertiary alicyclic amines) is 1. The van der Waals surface area contributed by atoms with E-state index in [1.54, 1.807) is 13.3 Å². The second kappa shape index (κ2) is 10.6. The van der Waals surface area contributed by atoms with E-state index in [4.69, 9.17) is 4.74 Å². The van der Waals surface area contributed by atoms with E-state index < -0.39 is 0 Å². The molecule has 1 aromatic heterocycles. The highest BCUT2D eigenvalue weighted by Gasteiger charge is 2.26. The van der Waals surface area contributed by atoms with Gasteiger partial charge in [-0.15, -0.1) is 0 Å². The van der Waals surface area contributed by atoms with Gasteiger partial charge in [0.15, 0.2) is 5.16 Å². The first-order valence-electron chi connectivity index (χ1n) is 11.0. The third kappa shape index (κ3) is 5.22. The molecule has 0 spiro atoms. The van der Waals surface area contributed by atoms with Crippen LogP contribution in [0.25, 0.3) is 5.69 Å². The lowest BCUT2D eigenvalue weighted by molar-refractivity contribution is -0.131. The van der Waals surface area contributed by atoms with Crippen molar-refractivity contribution in [2.24, 2.45) is 0 Å². The molecule has 1 saturated heterocycles. The number of nitrogens with zero attached hydrogens (tertiary/aromatic N) is 3. The van der Waals surface area contributed by atoms with E-state index in [0.717, 1.165) is 35.0 Å². The Balaban J connectivity index is 1.36. The van der Waals surface area contributed by atoms with Gasteiger partial charge in [-0.3, -0.25) is 14.2 Å². The summed E-state index contributed by atoms with van der Waals surface area (Å²) in [5.74, 6) is 0.661. The maximum atomic E-state index is 13.1. The second-order valence-electron chi connectivity index (χ2n) is 7.92. The number of methoxy groups -OCH3 is 1. The van der Waals surface area contributed by atoms with Crippen LogP contribution in [0.4, 0.5) is 0 Å². The lowest BCUT2D eigenvalue weighted by Gasteiger charge is -2.32. The van der Waals surface area contributed by atoms with E-state index >= 15 is 0 Å². The molecule has 8 heteroatoms. The number of rotatable bonds is 7. The number of ether oxygens (including phenoxy) is 1. The maximum Gasteiger partial charge on any atom is 0.270 e. The Hall–Kier alpha value is -3.26. The molecule has 0 aliphatic carbocycles. The minimum atomic E-state index is -0.148. The molecule has 1 fully saturated rings. The van der Waals surface area contributed by atoms with Gasteiger partial charge in [-0.05, 0) is 37.3 Å². The third-order valence-corrected chi connectivity index (χ3v) is 6.53. The minimum Gasteiger partial charge on any atom is -0.496 e. The zero-order valence-electron chi connectivity index (χ0n) is 18.9. The van der Waals surface area contributed by atoms with E-state index in [-0.39, 0.29) is 17.9 Å². The molecular formula is C25H28N4O3S. The van der Waals surface area contributed by atoms with Crippen molar-refractivity contribution in [2.75, 3.05) is 26.5 Å². The number of hydrogen-bond acceptors (Lipinski definition) is 5. The zero-order valence-corrected chi connectivity index (χ0v) is 19.7. The van der Waals surface area contributed by atoms with E-state index in [1.807, 2.05) is 70.3 Å². The lowest BCUT2D eigenvalue weighted by atomic mass is 10.0. The van der Waals surface area contributed by atoms with Crippen LogP contribution in [-0.2, 0) is 11.2 Å².